The number of morpholine rings is 1. The summed E-state index contributed by atoms with van der Waals surface area (Å²) in [4.78, 5) is 9.84. The number of rotatable bonds is 4. The lowest BCUT2D eigenvalue weighted by molar-refractivity contribution is -0.137. The second-order valence-corrected chi connectivity index (χ2v) is 9.05. The summed E-state index contributed by atoms with van der Waals surface area (Å²) >= 11 is 0. The standard InChI is InChI=1S/C20H18F3N5O3S/c1-32(29,30)19-24-6-5-16(25-19)15-12-17(28-7-9-31-10-8-28)26-27-18(15)13-3-2-4-14(11-13)20(21,22)23/h2-6,11-12H,7-10H2,1H3. The number of nitrogens with zero attached hydrogens (tertiary/aromatic N) is 5. The van der Waals surface area contributed by atoms with E-state index in [0.717, 1.165) is 18.4 Å². The van der Waals surface area contributed by atoms with Crippen LogP contribution in [-0.4, -0.2) is 61.1 Å². The van der Waals surface area contributed by atoms with Gasteiger partial charge in [0.05, 0.1) is 24.5 Å². The minimum Gasteiger partial charge on any atom is -0.378 e. The molecule has 0 amide bonds. The molecule has 1 saturated heterocycles. The number of aromatic nitrogens is 4. The fourth-order valence-corrected chi connectivity index (χ4v) is 3.77. The molecule has 12 heteroatoms. The van der Waals surface area contributed by atoms with Crippen LogP contribution in [0.25, 0.3) is 22.5 Å². The van der Waals surface area contributed by atoms with Crippen molar-refractivity contribution in [2.24, 2.45) is 0 Å². The molecule has 0 unspecified atom stereocenters. The molecule has 1 aromatic carbocycles. The van der Waals surface area contributed by atoms with Crippen LogP contribution in [0.3, 0.4) is 0 Å². The van der Waals surface area contributed by atoms with E-state index in [9.17, 15) is 21.6 Å². The van der Waals surface area contributed by atoms with E-state index in [0.29, 0.717) is 37.7 Å². The molecule has 0 bridgehead atoms. The van der Waals surface area contributed by atoms with Crippen molar-refractivity contribution in [2.75, 3.05) is 37.5 Å². The van der Waals surface area contributed by atoms with Crippen molar-refractivity contribution < 1.29 is 26.3 Å². The van der Waals surface area contributed by atoms with Crippen molar-refractivity contribution in [1.82, 2.24) is 20.2 Å². The summed E-state index contributed by atoms with van der Waals surface area (Å²) in [6.45, 7) is 2.13. The number of hydrogen-bond donors (Lipinski definition) is 0. The van der Waals surface area contributed by atoms with Crippen LogP contribution in [-0.2, 0) is 20.8 Å². The van der Waals surface area contributed by atoms with Crippen molar-refractivity contribution in [3.8, 4) is 22.5 Å². The van der Waals surface area contributed by atoms with Crippen LogP contribution in [0, 0.1) is 0 Å². The maximum absolute atomic E-state index is 13.3. The third kappa shape index (κ3) is 4.70. The molecule has 3 aromatic rings. The Morgan fingerprint density at radius 2 is 1.81 bits per heavy atom. The number of anilines is 1. The van der Waals surface area contributed by atoms with Crippen LogP contribution < -0.4 is 4.90 Å². The Labute approximate surface area is 182 Å². The quantitative estimate of drug-likeness (QED) is 0.543. The minimum absolute atomic E-state index is 0.145. The Morgan fingerprint density at radius 1 is 1.06 bits per heavy atom. The summed E-state index contributed by atoms with van der Waals surface area (Å²) in [6, 6.07) is 7.82. The van der Waals surface area contributed by atoms with Gasteiger partial charge in [0.25, 0.3) is 0 Å². The Kier molecular flexibility index (Phi) is 5.82. The van der Waals surface area contributed by atoms with Gasteiger partial charge in [0, 0.05) is 36.7 Å². The summed E-state index contributed by atoms with van der Waals surface area (Å²) in [5, 5.41) is 8.02. The summed E-state index contributed by atoms with van der Waals surface area (Å²) in [5.41, 5.74) is 0.0338. The van der Waals surface area contributed by atoms with Crippen LogP contribution in [0.2, 0.25) is 0 Å². The van der Waals surface area contributed by atoms with Crippen molar-refractivity contribution in [3.63, 3.8) is 0 Å². The highest BCUT2D eigenvalue weighted by molar-refractivity contribution is 7.90. The summed E-state index contributed by atoms with van der Waals surface area (Å²) < 4.78 is 69.0. The van der Waals surface area contributed by atoms with Gasteiger partial charge in [-0.25, -0.2) is 18.4 Å². The number of hydrogen-bond acceptors (Lipinski definition) is 8. The van der Waals surface area contributed by atoms with E-state index in [1.165, 1.54) is 24.4 Å². The number of ether oxygens (including phenoxy) is 1. The van der Waals surface area contributed by atoms with Gasteiger partial charge < -0.3 is 9.64 Å². The zero-order valence-electron chi connectivity index (χ0n) is 16.9. The smallest absolute Gasteiger partial charge is 0.378 e. The second kappa shape index (κ2) is 8.43. The van der Waals surface area contributed by atoms with Gasteiger partial charge in [-0.05, 0) is 24.3 Å². The first kappa shape index (κ1) is 22.1. The normalized spacial score (nSPS) is 15.1. The summed E-state index contributed by atoms with van der Waals surface area (Å²) in [5.74, 6) is 0.485. The highest BCUT2D eigenvalue weighted by atomic mass is 32.2. The van der Waals surface area contributed by atoms with Crippen LogP contribution in [0.15, 0.2) is 47.8 Å². The van der Waals surface area contributed by atoms with Gasteiger partial charge in [0.15, 0.2) is 5.82 Å². The molecular formula is C20H18F3N5O3S. The minimum atomic E-state index is -4.53. The maximum Gasteiger partial charge on any atom is 0.416 e. The van der Waals surface area contributed by atoms with Gasteiger partial charge in [0.1, 0.15) is 5.69 Å². The molecular weight excluding hydrogens is 447 g/mol. The zero-order chi connectivity index (χ0) is 22.9. The van der Waals surface area contributed by atoms with Crippen LogP contribution in [0.5, 0.6) is 0 Å². The predicted molar refractivity (Wildman–Crippen MR) is 110 cm³/mol. The van der Waals surface area contributed by atoms with Crippen molar-refractivity contribution in [2.45, 2.75) is 11.3 Å². The van der Waals surface area contributed by atoms with Crippen LogP contribution in [0.1, 0.15) is 5.56 Å². The molecule has 2 aromatic heterocycles. The monoisotopic (exact) mass is 465 g/mol. The van der Waals surface area contributed by atoms with E-state index in [1.807, 2.05) is 4.90 Å². The third-order valence-corrected chi connectivity index (χ3v) is 5.68. The predicted octanol–water partition coefficient (Wildman–Crippen LogP) is 2.86. The lowest BCUT2D eigenvalue weighted by Gasteiger charge is -2.27. The summed E-state index contributed by atoms with van der Waals surface area (Å²) in [6.07, 6.45) is -2.27. The van der Waals surface area contributed by atoms with Gasteiger partial charge >= 0.3 is 6.18 Å². The topological polar surface area (TPSA) is 98.2 Å². The largest absolute Gasteiger partial charge is 0.416 e. The second-order valence-electron chi connectivity index (χ2n) is 7.14. The van der Waals surface area contributed by atoms with E-state index in [4.69, 9.17) is 4.74 Å². The van der Waals surface area contributed by atoms with Gasteiger partial charge in [-0.15, -0.1) is 10.2 Å². The first-order valence-electron chi connectivity index (χ1n) is 9.54. The molecule has 4 rings (SSSR count). The number of benzene rings is 1. The Bertz CT molecular complexity index is 1250. The number of alkyl halides is 3. The van der Waals surface area contributed by atoms with E-state index in [1.54, 1.807) is 6.07 Å². The maximum atomic E-state index is 13.3. The third-order valence-electron chi connectivity index (χ3n) is 4.82. The van der Waals surface area contributed by atoms with E-state index in [-0.39, 0.29) is 17.0 Å². The molecule has 0 aliphatic carbocycles. The van der Waals surface area contributed by atoms with Crippen LogP contribution >= 0.6 is 0 Å². The average Bonchev–Trinajstić information content (AvgIpc) is 2.78. The van der Waals surface area contributed by atoms with E-state index < -0.39 is 26.7 Å². The molecule has 32 heavy (non-hydrogen) atoms. The Balaban J connectivity index is 1.89. The molecule has 1 aliphatic rings. The molecule has 0 saturated carbocycles. The van der Waals surface area contributed by atoms with E-state index in [2.05, 4.69) is 20.2 Å². The molecule has 3 heterocycles. The SMILES string of the molecule is CS(=O)(=O)c1nccc(-c2cc(N3CCOCC3)nnc2-c2cccc(C(F)(F)F)c2)n1. The first-order chi connectivity index (χ1) is 15.1. The molecule has 0 radical (unpaired) electrons. The van der Waals surface area contributed by atoms with Gasteiger partial charge in [0.2, 0.25) is 15.0 Å². The molecule has 1 fully saturated rings. The highest BCUT2D eigenvalue weighted by Gasteiger charge is 2.31. The first-order valence-corrected chi connectivity index (χ1v) is 11.4. The molecule has 168 valence electrons. The van der Waals surface area contributed by atoms with E-state index >= 15 is 0 Å². The summed E-state index contributed by atoms with van der Waals surface area (Å²) in [7, 11) is -3.70. The lowest BCUT2D eigenvalue weighted by Crippen LogP contribution is -2.36. The molecule has 0 spiro atoms. The molecule has 1 aliphatic heterocycles. The Hall–Kier alpha value is -3.12. The van der Waals surface area contributed by atoms with Crippen molar-refractivity contribution in [3.05, 3.63) is 48.2 Å². The molecule has 0 N–H and O–H groups in total. The van der Waals surface area contributed by atoms with Gasteiger partial charge in [-0.1, -0.05) is 12.1 Å². The number of sulfone groups is 1. The fourth-order valence-electron chi connectivity index (χ4n) is 3.25. The molecule has 8 nitrogen and oxygen atoms in total. The van der Waals surface area contributed by atoms with Crippen molar-refractivity contribution in [1.29, 1.82) is 0 Å². The average molecular weight is 465 g/mol. The zero-order valence-corrected chi connectivity index (χ0v) is 17.7. The van der Waals surface area contributed by atoms with Crippen molar-refractivity contribution >= 4 is 15.7 Å². The lowest BCUT2D eigenvalue weighted by atomic mass is 10.0. The van der Waals surface area contributed by atoms with Gasteiger partial charge in [-0.3, -0.25) is 0 Å². The molecule has 0 atom stereocenters. The number of halogens is 3. The van der Waals surface area contributed by atoms with Gasteiger partial charge in [-0.2, -0.15) is 13.2 Å². The van der Waals surface area contributed by atoms with Crippen LogP contribution in [0.4, 0.5) is 19.0 Å². The highest BCUT2D eigenvalue weighted by Crippen LogP contribution is 2.35. The fraction of sp³-hybridized carbons (Fsp3) is 0.300. The Morgan fingerprint density at radius 3 is 2.50 bits per heavy atom.